The number of H-pyrrole nitrogens is 1. The fourth-order valence-electron chi connectivity index (χ4n) is 4.03. The number of aromatic nitrogens is 5. The van der Waals surface area contributed by atoms with Crippen LogP contribution in [0.15, 0.2) is 65.7 Å². The molecule has 0 bridgehead atoms. The van der Waals surface area contributed by atoms with Gasteiger partial charge in [-0.05, 0) is 63.2 Å². The molecule has 2 aromatic carbocycles. The lowest BCUT2D eigenvalue weighted by molar-refractivity contribution is 0.491. The van der Waals surface area contributed by atoms with Crippen molar-refractivity contribution in [3.8, 4) is 11.3 Å². The van der Waals surface area contributed by atoms with Crippen molar-refractivity contribution in [1.82, 2.24) is 29.3 Å². The molecule has 10 heteroatoms. The summed E-state index contributed by atoms with van der Waals surface area (Å²) >= 11 is 0. The molecule has 3 N–H and O–H groups in total. The predicted molar refractivity (Wildman–Crippen MR) is 147 cm³/mol. The smallest absolute Gasteiger partial charge is 0.245 e. The molecule has 0 aliphatic rings. The number of hydrogen-bond acceptors (Lipinski definition) is 6. The summed E-state index contributed by atoms with van der Waals surface area (Å²) in [6, 6.07) is 16.5. The average Bonchev–Trinajstić information content (AvgIpc) is 3.41. The predicted octanol–water partition coefficient (Wildman–Crippen LogP) is 5.39. The van der Waals surface area contributed by atoms with Crippen molar-refractivity contribution >= 4 is 38.2 Å². The lowest BCUT2D eigenvalue weighted by Crippen LogP contribution is -2.40. The minimum absolute atomic E-state index is 0.0783. The van der Waals surface area contributed by atoms with Crippen LogP contribution in [-0.2, 0) is 15.4 Å². The van der Waals surface area contributed by atoms with Crippen molar-refractivity contribution < 1.29 is 8.42 Å². The van der Waals surface area contributed by atoms with Gasteiger partial charge in [-0.15, -0.1) is 5.10 Å². The molecule has 0 amide bonds. The molecule has 5 rings (SSSR count). The van der Waals surface area contributed by atoms with Gasteiger partial charge in [-0.25, -0.2) is 27.6 Å². The summed E-state index contributed by atoms with van der Waals surface area (Å²) in [6.07, 6.45) is 1.73. The minimum Gasteiger partial charge on any atom is -0.341 e. The van der Waals surface area contributed by atoms with Gasteiger partial charge in [0.25, 0.3) is 0 Å². The maximum absolute atomic E-state index is 12.9. The zero-order valence-electron chi connectivity index (χ0n) is 21.8. The highest BCUT2D eigenvalue weighted by atomic mass is 32.2. The summed E-state index contributed by atoms with van der Waals surface area (Å²) in [5.41, 5.74) is 4.27. The second-order valence-electron chi connectivity index (χ2n) is 11.2. The largest absolute Gasteiger partial charge is 0.341 e. The van der Waals surface area contributed by atoms with Gasteiger partial charge in [-0.2, -0.15) is 0 Å². The summed E-state index contributed by atoms with van der Waals surface area (Å²) in [5.74, 6) is 1.34. The summed E-state index contributed by atoms with van der Waals surface area (Å²) in [4.78, 5) is 12.7. The third kappa shape index (κ3) is 5.21. The van der Waals surface area contributed by atoms with Crippen molar-refractivity contribution in [3.63, 3.8) is 0 Å². The molecule has 0 aliphatic carbocycles. The van der Waals surface area contributed by atoms with Gasteiger partial charge in [-0.3, -0.25) is 0 Å². The number of nitrogens with zero attached hydrogens (tertiary/aromatic N) is 4. The molecular formula is C27H31N7O2S. The normalized spacial score (nSPS) is 12.9. The summed E-state index contributed by atoms with van der Waals surface area (Å²) in [5, 5.41) is 7.96. The number of benzene rings is 2. The van der Waals surface area contributed by atoms with Crippen LogP contribution in [0.4, 0.5) is 11.6 Å². The monoisotopic (exact) mass is 517 g/mol. The number of rotatable bonds is 5. The van der Waals surface area contributed by atoms with Gasteiger partial charge in [0.1, 0.15) is 5.82 Å². The molecule has 9 nitrogen and oxygen atoms in total. The number of hydrogen-bond donors (Lipinski definition) is 3. The van der Waals surface area contributed by atoms with Gasteiger partial charge in [0.05, 0.1) is 33.3 Å². The van der Waals surface area contributed by atoms with Crippen LogP contribution >= 0.6 is 0 Å². The van der Waals surface area contributed by atoms with E-state index in [1.54, 1.807) is 28.9 Å². The maximum atomic E-state index is 12.9. The van der Waals surface area contributed by atoms with Gasteiger partial charge in [0.2, 0.25) is 16.0 Å². The topological polar surface area (TPSA) is 117 Å². The van der Waals surface area contributed by atoms with E-state index in [1.165, 1.54) is 0 Å². The lowest BCUT2D eigenvalue weighted by Gasteiger charge is -2.20. The molecule has 0 fully saturated rings. The van der Waals surface area contributed by atoms with Gasteiger partial charge >= 0.3 is 0 Å². The molecule has 3 aromatic heterocycles. The molecule has 5 aromatic rings. The van der Waals surface area contributed by atoms with Gasteiger partial charge < -0.3 is 10.3 Å². The zero-order valence-corrected chi connectivity index (χ0v) is 22.6. The van der Waals surface area contributed by atoms with Gasteiger partial charge in [-0.1, -0.05) is 32.9 Å². The molecule has 0 saturated heterocycles. The van der Waals surface area contributed by atoms with Crippen molar-refractivity contribution in [2.75, 3.05) is 5.32 Å². The van der Waals surface area contributed by atoms with Crippen molar-refractivity contribution in [1.29, 1.82) is 0 Å². The number of imidazole rings is 1. The molecule has 3 heterocycles. The van der Waals surface area contributed by atoms with Crippen LogP contribution in [0.3, 0.4) is 0 Å². The van der Waals surface area contributed by atoms with Crippen molar-refractivity contribution in [2.45, 2.75) is 57.4 Å². The van der Waals surface area contributed by atoms with Crippen molar-refractivity contribution in [3.05, 3.63) is 66.6 Å². The molecule has 192 valence electrons. The molecule has 0 aliphatic heterocycles. The van der Waals surface area contributed by atoms with Crippen LogP contribution in [-0.4, -0.2) is 38.5 Å². The first kappa shape index (κ1) is 24.9. The Labute approximate surface area is 216 Å². The molecule has 0 radical (unpaired) electrons. The zero-order chi connectivity index (χ0) is 26.6. The SMILES string of the molecule is CC(C)(C)NS(=O)(=O)c1cccc(-c2ccc3cnc(Nc4ccc5nc(C(C)(C)C)[nH]c5c4)nn23)c1. The first-order valence-electron chi connectivity index (χ1n) is 12.1. The number of fused-ring (bicyclic) bond motifs is 2. The molecule has 0 atom stereocenters. The fraction of sp³-hybridized carbons (Fsp3) is 0.296. The molecular weight excluding hydrogens is 486 g/mol. The highest BCUT2D eigenvalue weighted by Gasteiger charge is 2.23. The van der Waals surface area contributed by atoms with E-state index in [1.807, 2.05) is 57.2 Å². The third-order valence-corrected chi connectivity index (χ3v) is 7.48. The van der Waals surface area contributed by atoms with E-state index in [4.69, 9.17) is 0 Å². The number of sulfonamides is 1. The Morgan fingerprint density at radius 2 is 1.73 bits per heavy atom. The molecule has 37 heavy (non-hydrogen) atoms. The Kier molecular flexibility index (Phi) is 5.84. The van der Waals surface area contributed by atoms with Crippen LogP contribution < -0.4 is 10.0 Å². The Balaban J connectivity index is 1.47. The van der Waals surface area contributed by atoms with E-state index in [-0.39, 0.29) is 10.3 Å². The first-order valence-corrected chi connectivity index (χ1v) is 13.5. The fourth-order valence-corrected chi connectivity index (χ4v) is 5.50. The quantitative estimate of drug-likeness (QED) is 0.288. The summed E-state index contributed by atoms with van der Waals surface area (Å²) in [6.45, 7) is 11.8. The van der Waals surface area contributed by atoms with Crippen LogP contribution in [0.2, 0.25) is 0 Å². The number of anilines is 2. The summed E-state index contributed by atoms with van der Waals surface area (Å²) < 4.78 is 30.2. The second-order valence-corrected chi connectivity index (χ2v) is 12.9. The molecule has 0 unspecified atom stereocenters. The van der Waals surface area contributed by atoms with Gasteiger partial charge in [0, 0.05) is 22.2 Å². The average molecular weight is 518 g/mol. The van der Waals surface area contributed by atoms with Crippen LogP contribution in [0.5, 0.6) is 0 Å². The van der Waals surface area contributed by atoms with Crippen LogP contribution in [0.25, 0.3) is 27.8 Å². The van der Waals surface area contributed by atoms with E-state index < -0.39 is 15.6 Å². The highest BCUT2D eigenvalue weighted by molar-refractivity contribution is 7.89. The van der Waals surface area contributed by atoms with Crippen molar-refractivity contribution in [2.24, 2.45) is 0 Å². The van der Waals surface area contributed by atoms with E-state index in [0.29, 0.717) is 5.95 Å². The number of nitrogens with one attached hydrogen (secondary N) is 3. The van der Waals surface area contributed by atoms with E-state index in [9.17, 15) is 8.42 Å². The van der Waals surface area contributed by atoms with Gasteiger partial charge in [0.15, 0.2) is 0 Å². The lowest BCUT2D eigenvalue weighted by atomic mass is 9.96. The summed E-state index contributed by atoms with van der Waals surface area (Å²) in [7, 11) is -3.67. The van der Waals surface area contributed by atoms with Crippen LogP contribution in [0, 0.1) is 0 Å². The molecule has 0 saturated carbocycles. The Morgan fingerprint density at radius 3 is 2.46 bits per heavy atom. The molecule has 0 spiro atoms. The minimum atomic E-state index is -3.67. The van der Waals surface area contributed by atoms with E-state index in [0.717, 1.165) is 39.3 Å². The number of aromatic amines is 1. The Hall–Kier alpha value is -3.76. The standard InChI is InChI=1S/C27H31N7O2S/c1-26(2,3)24-30-21-12-10-18(15-22(21)31-24)29-25-28-16-19-11-13-23(34(19)32-25)17-8-7-9-20(14-17)37(35,36)33-27(4,5)6/h7-16,33H,1-6H3,(H,29,32)(H,30,31). The Morgan fingerprint density at radius 1 is 0.946 bits per heavy atom. The maximum Gasteiger partial charge on any atom is 0.245 e. The highest BCUT2D eigenvalue weighted by Crippen LogP contribution is 2.27. The first-order chi connectivity index (χ1) is 17.3. The van der Waals surface area contributed by atoms with E-state index >= 15 is 0 Å². The second kappa shape index (κ2) is 8.67. The van der Waals surface area contributed by atoms with Crippen LogP contribution in [0.1, 0.15) is 47.4 Å². The van der Waals surface area contributed by atoms with E-state index in [2.05, 4.69) is 50.9 Å². The third-order valence-electron chi connectivity index (χ3n) is 5.73. The Bertz CT molecular complexity index is 1720.